The number of hydrogen-bond acceptors (Lipinski definition) is 3. The maximum atomic E-state index is 4.11. The monoisotopic (exact) mass is 170 g/mol. The number of nitrogens with zero attached hydrogens (tertiary/aromatic N) is 4. The van der Waals surface area contributed by atoms with E-state index in [4.69, 9.17) is 0 Å². The highest BCUT2D eigenvalue weighted by molar-refractivity contribution is 5.94. The summed E-state index contributed by atoms with van der Waals surface area (Å²) < 4.78 is 1.53. The number of benzene rings is 1. The molecule has 0 radical (unpaired) electrons. The van der Waals surface area contributed by atoms with E-state index in [2.05, 4.69) is 15.4 Å². The highest BCUT2D eigenvalue weighted by atomic mass is 15.5. The molecule has 4 nitrogen and oxygen atoms in total. The number of aromatic nitrogens is 4. The van der Waals surface area contributed by atoms with E-state index >= 15 is 0 Å². The van der Waals surface area contributed by atoms with Crippen LogP contribution in [0.2, 0.25) is 0 Å². The van der Waals surface area contributed by atoms with Gasteiger partial charge in [-0.2, -0.15) is 5.10 Å². The predicted octanol–water partition coefficient (Wildman–Crippen LogP) is 1.28. The van der Waals surface area contributed by atoms with Gasteiger partial charge < -0.3 is 0 Å². The molecule has 3 aromatic rings. The lowest BCUT2D eigenvalue weighted by atomic mass is 10.2. The molecule has 0 unspecified atom stereocenters. The van der Waals surface area contributed by atoms with E-state index in [1.165, 1.54) is 4.63 Å². The zero-order valence-corrected chi connectivity index (χ0v) is 6.75. The molecule has 0 atom stereocenters. The summed E-state index contributed by atoms with van der Waals surface area (Å²) in [5.74, 6) is 0. The minimum atomic E-state index is 0.943. The SMILES string of the molecule is c1ccc2c(c1)cnn1nncc21. The van der Waals surface area contributed by atoms with Crippen molar-refractivity contribution >= 4 is 16.3 Å². The first-order valence-electron chi connectivity index (χ1n) is 3.99. The van der Waals surface area contributed by atoms with Crippen LogP contribution in [0.1, 0.15) is 0 Å². The second kappa shape index (κ2) is 2.26. The van der Waals surface area contributed by atoms with Gasteiger partial charge in [-0.15, -0.1) is 9.73 Å². The Hall–Kier alpha value is -1.97. The maximum absolute atomic E-state index is 4.11. The summed E-state index contributed by atoms with van der Waals surface area (Å²) in [5.41, 5.74) is 0.943. The lowest BCUT2D eigenvalue weighted by Crippen LogP contribution is -1.92. The van der Waals surface area contributed by atoms with Crippen molar-refractivity contribution in [1.29, 1.82) is 0 Å². The Kier molecular flexibility index (Phi) is 1.14. The summed E-state index contributed by atoms with van der Waals surface area (Å²) >= 11 is 0. The average molecular weight is 170 g/mol. The Morgan fingerprint density at radius 3 is 3.00 bits per heavy atom. The Balaban J connectivity index is 2.65. The first-order chi connectivity index (χ1) is 6.45. The smallest absolute Gasteiger partial charge is 0.115 e. The predicted molar refractivity (Wildman–Crippen MR) is 48.3 cm³/mol. The van der Waals surface area contributed by atoms with Crippen molar-refractivity contribution in [3.05, 3.63) is 36.7 Å². The van der Waals surface area contributed by atoms with Gasteiger partial charge in [-0.05, 0) is 5.21 Å². The molecule has 1 aromatic carbocycles. The summed E-state index contributed by atoms with van der Waals surface area (Å²) in [6, 6.07) is 8.05. The van der Waals surface area contributed by atoms with Gasteiger partial charge in [0, 0.05) is 10.8 Å². The molecule has 0 saturated heterocycles. The molecule has 0 aliphatic rings. The fourth-order valence-electron chi connectivity index (χ4n) is 1.45. The maximum Gasteiger partial charge on any atom is 0.115 e. The van der Waals surface area contributed by atoms with Gasteiger partial charge in [-0.3, -0.25) is 0 Å². The highest BCUT2D eigenvalue weighted by Gasteiger charge is 2.00. The molecule has 0 amide bonds. The van der Waals surface area contributed by atoms with Crippen LogP contribution in [-0.2, 0) is 0 Å². The molecule has 0 spiro atoms. The lowest BCUT2D eigenvalue weighted by Gasteiger charge is -1.96. The zero-order chi connectivity index (χ0) is 8.67. The largest absolute Gasteiger partial charge is 0.156 e. The van der Waals surface area contributed by atoms with E-state index < -0.39 is 0 Å². The van der Waals surface area contributed by atoms with Gasteiger partial charge in [-0.1, -0.05) is 24.3 Å². The van der Waals surface area contributed by atoms with Crippen molar-refractivity contribution in [3.63, 3.8) is 0 Å². The van der Waals surface area contributed by atoms with Gasteiger partial charge in [0.25, 0.3) is 0 Å². The van der Waals surface area contributed by atoms with Crippen LogP contribution in [-0.4, -0.2) is 20.0 Å². The lowest BCUT2D eigenvalue weighted by molar-refractivity contribution is 0.747. The zero-order valence-electron chi connectivity index (χ0n) is 6.75. The second-order valence-corrected chi connectivity index (χ2v) is 2.84. The van der Waals surface area contributed by atoms with Crippen LogP contribution in [0.4, 0.5) is 0 Å². The molecule has 13 heavy (non-hydrogen) atoms. The molecule has 2 heterocycles. The fraction of sp³-hybridized carbons (Fsp3) is 0. The molecule has 0 N–H and O–H groups in total. The Bertz CT molecular complexity index is 570. The first kappa shape index (κ1) is 6.54. The average Bonchev–Trinajstić information content (AvgIpc) is 2.65. The van der Waals surface area contributed by atoms with Gasteiger partial charge in [0.1, 0.15) is 5.52 Å². The van der Waals surface area contributed by atoms with E-state index in [0.717, 1.165) is 16.3 Å². The van der Waals surface area contributed by atoms with Crippen molar-refractivity contribution in [2.75, 3.05) is 0 Å². The molecule has 3 rings (SSSR count). The minimum Gasteiger partial charge on any atom is -0.156 e. The van der Waals surface area contributed by atoms with Crippen LogP contribution < -0.4 is 0 Å². The van der Waals surface area contributed by atoms with Crippen LogP contribution in [0.3, 0.4) is 0 Å². The highest BCUT2D eigenvalue weighted by Crippen LogP contribution is 2.16. The number of hydrogen-bond donors (Lipinski definition) is 0. The van der Waals surface area contributed by atoms with E-state index in [9.17, 15) is 0 Å². The van der Waals surface area contributed by atoms with Gasteiger partial charge in [0.15, 0.2) is 0 Å². The molecule has 2 aromatic heterocycles. The summed E-state index contributed by atoms with van der Waals surface area (Å²) in [5, 5.41) is 14.0. The second-order valence-electron chi connectivity index (χ2n) is 2.84. The summed E-state index contributed by atoms with van der Waals surface area (Å²) in [6.07, 6.45) is 3.51. The first-order valence-corrected chi connectivity index (χ1v) is 3.99. The Morgan fingerprint density at radius 2 is 2.00 bits per heavy atom. The molecule has 4 heteroatoms. The third kappa shape index (κ3) is 0.823. The molecule has 62 valence electrons. The van der Waals surface area contributed by atoms with E-state index in [0.29, 0.717) is 0 Å². The van der Waals surface area contributed by atoms with Crippen molar-refractivity contribution in [2.45, 2.75) is 0 Å². The third-order valence-electron chi connectivity index (χ3n) is 2.07. The van der Waals surface area contributed by atoms with Crippen molar-refractivity contribution in [1.82, 2.24) is 20.0 Å². The number of rotatable bonds is 0. The Labute approximate surface area is 73.8 Å². The quantitative estimate of drug-likeness (QED) is 0.510. The molecule has 0 saturated carbocycles. The summed E-state index contributed by atoms with van der Waals surface area (Å²) in [4.78, 5) is 0. The molecular formula is C9H6N4. The van der Waals surface area contributed by atoms with E-state index in [1.807, 2.05) is 24.3 Å². The van der Waals surface area contributed by atoms with Gasteiger partial charge >= 0.3 is 0 Å². The van der Waals surface area contributed by atoms with Crippen LogP contribution >= 0.6 is 0 Å². The number of fused-ring (bicyclic) bond motifs is 3. The normalized spacial score (nSPS) is 11.1. The Morgan fingerprint density at radius 1 is 1.08 bits per heavy atom. The van der Waals surface area contributed by atoms with Crippen LogP contribution in [0.25, 0.3) is 16.3 Å². The molecule has 0 aliphatic heterocycles. The van der Waals surface area contributed by atoms with E-state index in [1.54, 1.807) is 12.4 Å². The van der Waals surface area contributed by atoms with Crippen LogP contribution in [0.5, 0.6) is 0 Å². The van der Waals surface area contributed by atoms with Crippen molar-refractivity contribution < 1.29 is 0 Å². The summed E-state index contributed by atoms with van der Waals surface area (Å²) in [7, 11) is 0. The molecule has 0 fully saturated rings. The molecular weight excluding hydrogens is 164 g/mol. The summed E-state index contributed by atoms with van der Waals surface area (Å²) in [6.45, 7) is 0. The third-order valence-corrected chi connectivity index (χ3v) is 2.07. The van der Waals surface area contributed by atoms with Crippen molar-refractivity contribution in [2.24, 2.45) is 0 Å². The molecule has 0 bridgehead atoms. The molecule has 0 aliphatic carbocycles. The minimum absolute atomic E-state index is 0.943. The van der Waals surface area contributed by atoms with Crippen LogP contribution in [0, 0.1) is 0 Å². The standard InChI is InChI=1S/C9H6N4/c1-2-4-8-7(3-1)5-11-13-9(8)6-10-12-13/h1-6H. The van der Waals surface area contributed by atoms with Crippen molar-refractivity contribution in [3.8, 4) is 0 Å². The van der Waals surface area contributed by atoms with Gasteiger partial charge in [-0.25, -0.2) is 0 Å². The van der Waals surface area contributed by atoms with Gasteiger partial charge in [0.05, 0.1) is 12.4 Å². The van der Waals surface area contributed by atoms with Crippen LogP contribution in [0.15, 0.2) is 36.7 Å². The van der Waals surface area contributed by atoms with Gasteiger partial charge in [0.2, 0.25) is 0 Å². The topological polar surface area (TPSA) is 43.1 Å². The fourth-order valence-corrected chi connectivity index (χ4v) is 1.45. The van der Waals surface area contributed by atoms with E-state index in [-0.39, 0.29) is 0 Å².